The van der Waals surface area contributed by atoms with Gasteiger partial charge in [-0.25, -0.2) is 9.88 Å². The van der Waals surface area contributed by atoms with Gasteiger partial charge in [0.15, 0.2) is 0 Å². The van der Waals surface area contributed by atoms with Crippen molar-refractivity contribution in [3.63, 3.8) is 0 Å². The number of aromatic carboxylic acids is 1. The number of hydrogen-bond donors (Lipinski definition) is 0. The van der Waals surface area contributed by atoms with E-state index in [1.165, 1.54) is 6.07 Å². The fourth-order valence-electron chi connectivity index (χ4n) is 2.22. The van der Waals surface area contributed by atoms with Crippen LogP contribution in [0, 0.1) is 10.1 Å². The van der Waals surface area contributed by atoms with Gasteiger partial charge in [-0.2, -0.15) is 0 Å². The second kappa shape index (κ2) is 4.98. The lowest BCUT2D eigenvalue weighted by atomic mass is 10.1. The van der Waals surface area contributed by atoms with Crippen LogP contribution in [0.2, 0.25) is 0 Å². The highest BCUT2D eigenvalue weighted by molar-refractivity contribution is 6.34. The number of carbonyl (C=O) groups is 3. The van der Waals surface area contributed by atoms with Crippen LogP contribution < -0.4 is 10.0 Å². The number of pyridine rings is 1. The Balaban J connectivity index is 2.08. The molecule has 1 aromatic carbocycles. The van der Waals surface area contributed by atoms with Gasteiger partial charge >= 0.3 is 0 Å². The molecule has 1 aliphatic heterocycles. The number of imide groups is 1. The minimum atomic E-state index is -1.49. The molecule has 0 spiro atoms. The smallest absolute Gasteiger partial charge is 0.274 e. The van der Waals surface area contributed by atoms with Gasteiger partial charge in [-0.05, 0) is 17.7 Å². The Kier molecular flexibility index (Phi) is 3.10. The number of amides is 2. The Hall–Kier alpha value is -3.62. The first-order valence-electron chi connectivity index (χ1n) is 6.25. The van der Waals surface area contributed by atoms with E-state index in [1.807, 2.05) is 0 Å². The molecule has 0 atom stereocenters. The summed E-state index contributed by atoms with van der Waals surface area (Å²) in [5.74, 6) is -3.23. The summed E-state index contributed by atoms with van der Waals surface area (Å²) in [6, 6.07) is 5.47. The monoisotopic (exact) mass is 312 g/mol. The summed E-state index contributed by atoms with van der Waals surface area (Å²) in [7, 11) is 0. The molecule has 2 heterocycles. The SMILES string of the molecule is O=C([O-])c1ccc2c(c1)C(=O)N(c1cc([N+](=O)[O-])ccn1)C2=O. The first-order valence-corrected chi connectivity index (χ1v) is 6.25. The zero-order valence-electron chi connectivity index (χ0n) is 11.3. The Morgan fingerprint density at radius 3 is 2.43 bits per heavy atom. The highest BCUT2D eigenvalue weighted by Crippen LogP contribution is 2.29. The lowest BCUT2D eigenvalue weighted by Crippen LogP contribution is -2.30. The van der Waals surface area contributed by atoms with Crippen LogP contribution in [0.1, 0.15) is 31.1 Å². The average Bonchev–Trinajstić information content (AvgIpc) is 2.78. The van der Waals surface area contributed by atoms with Crippen molar-refractivity contribution in [2.75, 3.05) is 4.90 Å². The molecule has 9 heteroatoms. The molecule has 1 aliphatic rings. The molecule has 23 heavy (non-hydrogen) atoms. The third kappa shape index (κ3) is 2.20. The van der Waals surface area contributed by atoms with Crippen LogP contribution in [-0.2, 0) is 0 Å². The normalized spacial score (nSPS) is 13.1. The first kappa shape index (κ1) is 14.3. The van der Waals surface area contributed by atoms with Crippen molar-refractivity contribution in [2.45, 2.75) is 0 Å². The number of aromatic nitrogens is 1. The highest BCUT2D eigenvalue weighted by atomic mass is 16.6. The van der Waals surface area contributed by atoms with Crippen molar-refractivity contribution in [3.8, 4) is 0 Å². The third-order valence-electron chi connectivity index (χ3n) is 3.29. The standard InChI is InChI=1S/C14H7N3O6/c18-12-9-2-1-7(14(20)21)5-10(9)13(19)16(12)11-6-8(17(22)23)3-4-15-11/h1-6H,(H,20,21)/p-1. The quantitative estimate of drug-likeness (QED) is 0.447. The molecule has 114 valence electrons. The Labute approximate surface area is 127 Å². The summed E-state index contributed by atoms with van der Waals surface area (Å²) in [6.45, 7) is 0. The minimum Gasteiger partial charge on any atom is -0.545 e. The van der Waals surface area contributed by atoms with Gasteiger partial charge in [-0.3, -0.25) is 19.7 Å². The second-order valence-corrected chi connectivity index (χ2v) is 4.62. The maximum atomic E-state index is 12.3. The largest absolute Gasteiger partial charge is 0.545 e. The molecule has 0 N–H and O–H groups in total. The number of nitro groups is 1. The number of rotatable bonds is 3. The first-order chi connectivity index (χ1) is 10.9. The van der Waals surface area contributed by atoms with E-state index in [2.05, 4.69) is 4.98 Å². The van der Waals surface area contributed by atoms with Gasteiger partial charge in [0.25, 0.3) is 17.5 Å². The minimum absolute atomic E-state index is 0.00620. The van der Waals surface area contributed by atoms with Crippen LogP contribution in [-0.4, -0.2) is 27.7 Å². The zero-order valence-corrected chi connectivity index (χ0v) is 11.3. The number of carboxylic acid groups (broad SMARTS) is 1. The van der Waals surface area contributed by atoms with Crippen LogP contribution in [0.15, 0.2) is 36.5 Å². The predicted molar refractivity (Wildman–Crippen MR) is 72.8 cm³/mol. The van der Waals surface area contributed by atoms with Crippen LogP contribution in [0.5, 0.6) is 0 Å². The molecule has 1 aromatic heterocycles. The van der Waals surface area contributed by atoms with Crippen LogP contribution in [0.3, 0.4) is 0 Å². The second-order valence-electron chi connectivity index (χ2n) is 4.62. The van der Waals surface area contributed by atoms with Crippen molar-refractivity contribution < 1.29 is 24.4 Å². The molecule has 0 aliphatic carbocycles. The van der Waals surface area contributed by atoms with Gasteiger partial charge in [-0.15, -0.1) is 0 Å². The Morgan fingerprint density at radius 2 is 1.78 bits per heavy atom. The molecule has 0 saturated carbocycles. The molecular formula is C14H6N3O6-. The van der Waals surface area contributed by atoms with E-state index in [1.54, 1.807) is 0 Å². The van der Waals surface area contributed by atoms with E-state index in [0.29, 0.717) is 4.90 Å². The van der Waals surface area contributed by atoms with Gasteiger partial charge in [-0.1, -0.05) is 6.07 Å². The van der Waals surface area contributed by atoms with Gasteiger partial charge in [0.05, 0.1) is 28.1 Å². The van der Waals surface area contributed by atoms with E-state index < -0.39 is 22.7 Å². The molecule has 0 radical (unpaired) electrons. The van der Waals surface area contributed by atoms with Crippen molar-refractivity contribution in [1.29, 1.82) is 0 Å². The number of benzene rings is 1. The maximum absolute atomic E-state index is 12.3. The molecule has 0 bridgehead atoms. The Bertz CT molecular complexity index is 892. The van der Waals surface area contributed by atoms with Gasteiger partial charge in [0.1, 0.15) is 5.82 Å². The summed E-state index contributed by atoms with van der Waals surface area (Å²) in [4.78, 5) is 50.1. The van der Waals surface area contributed by atoms with Crippen LogP contribution in [0.4, 0.5) is 11.5 Å². The van der Waals surface area contributed by atoms with E-state index in [9.17, 15) is 29.6 Å². The van der Waals surface area contributed by atoms with Crippen LogP contribution in [0.25, 0.3) is 0 Å². The third-order valence-corrected chi connectivity index (χ3v) is 3.29. The number of nitrogens with zero attached hydrogens (tertiary/aromatic N) is 3. The molecule has 2 amide bonds. The van der Waals surface area contributed by atoms with Crippen LogP contribution >= 0.6 is 0 Å². The molecular weight excluding hydrogens is 306 g/mol. The number of carboxylic acids is 1. The molecule has 3 rings (SSSR count). The average molecular weight is 312 g/mol. The van der Waals surface area contributed by atoms with E-state index in [-0.39, 0.29) is 28.2 Å². The van der Waals surface area contributed by atoms with Crippen molar-refractivity contribution in [1.82, 2.24) is 4.98 Å². The number of fused-ring (bicyclic) bond motifs is 1. The fraction of sp³-hybridized carbons (Fsp3) is 0. The number of carbonyl (C=O) groups excluding carboxylic acids is 3. The van der Waals surface area contributed by atoms with Crippen molar-refractivity contribution in [3.05, 3.63) is 63.3 Å². The van der Waals surface area contributed by atoms with Gasteiger partial charge < -0.3 is 9.90 Å². The molecule has 0 fully saturated rings. The van der Waals surface area contributed by atoms with Gasteiger partial charge in [0, 0.05) is 12.3 Å². The summed E-state index contributed by atoms with van der Waals surface area (Å²) >= 11 is 0. The summed E-state index contributed by atoms with van der Waals surface area (Å²) in [5, 5.41) is 21.6. The topological polar surface area (TPSA) is 134 Å². The predicted octanol–water partition coefficient (Wildman–Crippen LogP) is 0.154. The molecule has 0 saturated heterocycles. The van der Waals surface area contributed by atoms with E-state index in [4.69, 9.17) is 0 Å². The molecule has 2 aromatic rings. The lowest BCUT2D eigenvalue weighted by molar-refractivity contribution is -0.384. The summed E-state index contributed by atoms with van der Waals surface area (Å²) < 4.78 is 0. The summed E-state index contributed by atoms with van der Waals surface area (Å²) in [6.07, 6.45) is 1.10. The molecule has 9 nitrogen and oxygen atoms in total. The Morgan fingerprint density at radius 1 is 1.09 bits per heavy atom. The van der Waals surface area contributed by atoms with Crippen molar-refractivity contribution in [2.24, 2.45) is 0 Å². The lowest BCUT2D eigenvalue weighted by Gasteiger charge is -2.11. The number of anilines is 1. The maximum Gasteiger partial charge on any atom is 0.274 e. The van der Waals surface area contributed by atoms with E-state index in [0.717, 1.165) is 30.5 Å². The van der Waals surface area contributed by atoms with Gasteiger partial charge in [0.2, 0.25) is 0 Å². The van der Waals surface area contributed by atoms with Crippen molar-refractivity contribution >= 4 is 29.3 Å². The number of hydrogen-bond acceptors (Lipinski definition) is 7. The highest BCUT2D eigenvalue weighted by Gasteiger charge is 2.38. The zero-order chi connectivity index (χ0) is 16.7. The fourth-order valence-corrected chi connectivity index (χ4v) is 2.22. The summed E-state index contributed by atoms with van der Waals surface area (Å²) in [5.41, 5.74) is -0.709. The van der Waals surface area contributed by atoms with E-state index >= 15 is 0 Å². The molecule has 0 unspecified atom stereocenters.